The van der Waals surface area contributed by atoms with Crippen molar-refractivity contribution in [2.75, 3.05) is 46.4 Å². The van der Waals surface area contributed by atoms with Gasteiger partial charge in [-0.15, -0.1) is 0 Å². The third-order valence-electron chi connectivity index (χ3n) is 2.93. The van der Waals surface area contributed by atoms with Gasteiger partial charge in [-0.1, -0.05) is 20.8 Å². The molecule has 0 unspecified atom stereocenters. The largest absolute Gasteiger partial charge is 0.469 e. The van der Waals surface area contributed by atoms with E-state index in [0.29, 0.717) is 6.42 Å². The normalized spacial score (nSPS) is 11.1. The van der Waals surface area contributed by atoms with Crippen molar-refractivity contribution < 1.29 is 9.53 Å². The molecule has 0 fully saturated rings. The highest BCUT2D eigenvalue weighted by atomic mass is 16.5. The van der Waals surface area contributed by atoms with Crippen molar-refractivity contribution in [2.24, 2.45) is 0 Å². The summed E-state index contributed by atoms with van der Waals surface area (Å²) in [5, 5.41) is 0. The highest BCUT2D eigenvalue weighted by molar-refractivity contribution is 5.69. The van der Waals surface area contributed by atoms with Gasteiger partial charge in [0.15, 0.2) is 0 Å². The summed E-state index contributed by atoms with van der Waals surface area (Å²) in [6, 6.07) is 0. The van der Waals surface area contributed by atoms with E-state index in [1.54, 1.807) is 0 Å². The van der Waals surface area contributed by atoms with Crippen molar-refractivity contribution in [2.45, 2.75) is 27.2 Å². The van der Waals surface area contributed by atoms with Crippen LogP contribution in [0.25, 0.3) is 0 Å². The summed E-state index contributed by atoms with van der Waals surface area (Å²) >= 11 is 0. The molecule has 0 aromatic carbocycles. The molecule has 96 valence electrons. The van der Waals surface area contributed by atoms with Crippen molar-refractivity contribution >= 4 is 5.97 Å². The Morgan fingerprint density at radius 1 is 0.938 bits per heavy atom. The number of carbonyl (C=O) groups is 1. The van der Waals surface area contributed by atoms with Crippen molar-refractivity contribution in [1.29, 1.82) is 0 Å². The molecule has 0 aromatic heterocycles. The number of rotatable bonds is 9. The van der Waals surface area contributed by atoms with Crippen LogP contribution in [0.2, 0.25) is 0 Å². The molecule has 0 saturated heterocycles. The molecule has 0 bridgehead atoms. The van der Waals surface area contributed by atoms with Crippen LogP contribution in [0.5, 0.6) is 0 Å². The molecular formula is C12H26N2O2. The molecule has 0 aliphatic rings. The topological polar surface area (TPSA) is 32.8 Å². The number of hydrogen-bond donors (Lipinski definition) is 0. The van der Waals surface area contributed by atoms with Gasteiger partial charge >= 0.3 is 5.97 Å². The standard InChI is InChI=1S/C12H26N2O2/c1-5-13(6-2)10-11-14(7-3)9-8-12(15)16-4/h5-11H2,1-4H3. The Hall–Kier alpha value is -0.610. The predicted octanol–water partition coefficient (Wildman–Crippen LogP) is 1.21. The summed E-state index contributed by atoms with van der Waals surface area (Å²) < 4.78 is 4.64. The molecule has 0 aliphatic heterocycles. The highest BCUT2D eigenvalue weighted by Gasteiger charge is 2.07. The number of carbonyl (C=O) groups excluding carboxylic acids is 1. The van der Waals surface area contributed by atoms with E-state index in [1.165, 1.54) is 7.11 Å². The van der Waals surface area contributed by atoms with Gasteiger partial charge in [-0.25, -0.2) is 0 Å². The SMILES string of the molecule is CCN(CC)CCN(CC)CCC(=O)OC. The minimum Gasteiger partial charge on any atom is -0.469 e. The van der Waals surface area contributed by atoms with Crippen molar-refractivity contribution in [1.82, 2.24) is 9.80 Å². The Morgan fingerprint density at radius 2 is 1.44 bits per heavy atom. The quantitative estimate of drug-likeness (QED) is 0.557. The van der Waals surface area contributed by atoms with E-state index < -0.39 is 0 Å². The average Bonchev–Trinajstić information content (AvgIpc) is 2.33. The first-order chi connectivity index (χ1) is 7.67. The Kier molecular flexibility index (Phi) is 9.24. The van der Waals surface area contributed by atoms with Crippen LogP contribution >= 0.6 is 0 Å². The molecule has 4 heteroatoms. The number of ether oxygens (including phenoxy) is 1. The first kappa shape index (κ1) is 15.4. The van der Waals surface area contributed by atoms with Gasteiger partial charge in [-0.2, -0.15) is 0 Å². The Labute approximate surface area is 99.5 Å². The van der Waals surface area contributed by atoms with Crippen LogP contribution in [0.3, 0.4) is 0 Å². The fourth-order valence-corrected chi connectivity index (χ4v) is 1.60. The molecule has 0 radical (unpaired) electrons. The van der Waals surface area contributed by atoms with E-state index in [-0.39, 0.29) is 5.97 Å². The summed E-state index contributed by atoms with van der Waals surface area (Å²) in [7, 11) is 1.44. The number of methoxy groups -OCH3 is 1. The van der Waals surface area contributed by atoms with Crippen LogP contribution in [0.15, 0.2) is 0 Å². The van der Waals surface area contributed by atoms with E-state index in [9.17, 15) is 4.79 Å². The molecule has 16 heavy (non-hydrogen) atoms. The molecule has 0 aromatic rings. The zero-order valence-corrected chi connectivity index (χ0v) is 11.2. The summed E-state index contributed by atoms with van der Waals surface area (Å²) in [6.07, 6.45) is 0.489. The minimum atomic E-state index is -0.124. The van der Waals surface area contributed by atoms with Gasteiger partial charge in [0.05, 0.1) is 13.5 Å². The minimum absolute atomic E-state index is 0.124. The first-order valence-corrected chi connectivity index (χ1v) is 6.19. The van der Waals surface area contributed by atoms with Crippen LogP contribution in [0, 0.1) is 0 Å². The van der Waals surface area contributed by atoms with Crippen LogP contribution in [-0.2, 0) is 9.53 Å². The summed E-state index contributed by atoms with van der Waals surface area (Å²) in [5.41, 5.74) is 0. The average molecular weight is 230 g/mol. The lowest BCUT2D eigenvalue weighted by Crippen LogP contribution is -2.36. The van der Waals surface area contributed by atoms with Crippen molar-refractivity contribution in [3.8, 4) is 0 Å². The summed E-state index contributed by atoms with van der Waals surface area (Å²) in [5.74, 6) is -0.124. The van der Waals surface area contributed by atoms with Gasteiger partial charge in [0, 0.05) is 19.6 Å². The predicted molar refractivity (Wildman–Crippen MR) is 66.5 cm³/mol. The monoisotopic (exact) mass is 230 g/mol. The van der Waals surface area contributed by atoms with Crippen molar-refractivity contribution in [3.05, 3.63) is 0 Å². The Morgan fingerprint density at radius 3 is 1.88 bits per heavy atom. The highest BCUT2D eigenvalue weighted by Crippen LogP contribution is 1.95. The first-order valence-electron chi connectivity index (χ1n) is 6.19. The lowest BCUT2D eigenvalue weighted by atomic mass is 10.3. The summed E-state index contributed by atoms with van der Waals surface area (Å²) in [4.78, 5) is 15.7. The van der Waals surface area contributed by atoms with Gasteiger partial charge in [0.1, 0.15) is 0 Å². The third-order valence-corrected chi connectivity index (χ3v) is 2.93. The maximum atomic E-state index is 11.0. The van der Waals surface area contributed by atoms with Gasteiger partial charge in [-0.3, -0.25) is 4.79 Å². The van der Waals surface area contributed by atoms with E-state index in [0.717, 1.165) is 39.3 Å². The smallest absolute Gasteiger partial charge is 0.306 e. The molecule has 0 saturated carbocycles. The maximum absolute atomic E-state index is 11.0. The van der Waals surface area contributed by atoms with E-state index in [2.05, 4.69) is 35.3 Å². The van der Waals surface area contributed by atoms with Crippen molar-refractivity contribution in [3.63, 3.8) is 0 Å². The van der Waals surface area contributed by atoms with Crippen LogP contribution in [0.4, 0.5) is 0 Å². The van der Waals surface area contributed by atoms with Gasteiger partial charge in [-0.05, 0) is 19.6 Å². The molecule has 0 N–H and O–H groups in total. The molecule has 4 nitrogen and oxygen atoms in total. The third kappa shape index (κ3) is 6.80. The van der Waals surface area contributed by atoms with Crippen LogP contribution in [0.1, 0.15) is 27.2 Å². The molecule has 0 aliphatic carbocycles. The molecule has 0 atom stereocenters. The second-order valence-corrected chi connectivity index (χ2v) is 3.79. The zero-order chi connectivity index (χ0) is 12.4. The van der Waals surface area contributed by atoms with E-state index in [1.807, 2.05) is 0 Å². The van der Waals surface area contributed by atoms with Crippen LogP contribution < -0.4 is 0 Å². The molecular weight excluding hydrogens is 204 g/mol. The molecule has 0 amide bonds. The molecule has 0 heterocycles. The molecule has 0 rings (SSSR count). The molecule has 0 spiro atoms. The fourth-order valence-electron chi connectivity index (χ4n) is 1.60. The second kappa shape index (κ2) is 9.60. The number of likely N-dealkylation sites (N-methyl/N-ethyl adjacent to an activating group) is 2. The summed E-state index contributed by atoms with van der Waals surface area (Å²) in [6.45, 7) is 12.5. The Bertz CT molecular complexity index is 182. The lowest BCUT2D eigenvalue weighted by Gasteiger charge is -2.24. The van der Waals surface area contributed by atoms with Crippen LogP contribution in [-0.4, -0.2) is 62.1 Å². The zero-order valence-electron chi connectivity index (χ0n) is 11.2. The van der Waals surface area contributed by atoms with Gasteiger partial charge in [0.2, 0.25) is 0 Å². The second-order valence-electron chi connectivity index (χ2n) is 3.79. The fraction of sp³-hybridized carbons (Fsp3) is 0.917. The number of esters is 1. The van der Waals surface area contributed by atoms with Gasteiger partial charge < -0.3 is 14.5 Å². The number of nitrogens with zero attached hydrogens (tertiary/aromatic N) is 2. The Balaban J connectivity index is 3.78. The van der Waals surface area contributed by atoms with Gasteiger partial charge in [0.25, 0.3) is 0 Å². The maximum Gasteiger partial charge on any atom is 0.306 e. The van der Waals surface area contributed by atoms with E-state index in [4.69, 9.17) is 0 Å². The lowest BCUT2D eigenvalue weighted by molar-refractivity contribution is -0.140. The number of hydrogen-bond acceptors (Lipinski definition) is 4. The van der Waals surface area contributed by atoms with E-state index >= 15 is 0 Å².